The highest BCUT2D eigenvalue weighted by Crippen LogP contribution is 2.23. The summed E-state index contributed by atoms with van der Waals surface area (Å²) in [7, 11) is -3.34. The lowest BCUT2D eigenvalue weighted by Gasteiger charge is -2.22. The molecule has 5 nitrogen and oxygen atoms in total. The van der Waals surface area contributed by atoms with Gasteiger partial charge in [-0.3, -0.25) is 9.10 Å². The number of nitrogens with zero attached hydrogens (tertiary/aromatic N) is 1. The first kappa shape index (κ1) is 21.0. The van der Waals surface area contributed by atoms with Gasteiger partial charge in [0.15, 0.2) is 0 Å². The maximum Gasteiger partial charge on any atom is 0.251 e. The van der Waals surface area contributed by atoms with Crippen molar-refractivity contribution in [2.45, 2.75) is 33.2 Å². The van der Waals surface area contributed by atoms with Crippen LogP contribution in [0.5, 0.6) is 0 Å². The second-order valence-corrected chi connectivity index (χ2v) is 8.95. The fourth-order valence-electron chi connectivity index (χ4n) is 3.06. The van der Waals surface area contributed by atoms with Gasteiger partial charge in [0.25, 0.3) is 5.91 Å². The average molecular weight is 389 g/mol. The summed E-state index contributed by atoms with van der Waals surface area (Å²) >= 11 is 0. The Balaban J connectivity index is 2.18. The molecule has 0 saturated carbocycles. The van der Waals surface area contributed by atoms with Crippen molar-refractivity contribution < 1.29 is 13.2 Å². The molecule has 0 aliphatic carbocycles. The summed E-state index contributed by atoms with van der Waals surface area (Å²) in [5.41, 5.74) is 2.14. The number of nitrogens with one attached hydrogen (secondary N) is 1. The quantitative estimate of drug-likeness (QED) is 0.743. The van der Waals surface area contributed by atoms with Crippen LogP contribution in [0.25, 0.3) is 0 Å². The molecule has 2 rings (SSSR count). The number of sulfonamides is 1. The molecule has 1 atom stereocenters. The molecule has 146 valence electrons. The van der Waals surface area contributed by atoms with Crippen LogP contribution in [0.1, 0.15) is 49.2 Å². The van der Waals surface area contributed by atoms with Gasteiger partial charge in [0.05, 0.1) is 18.0 Å². The Kier molecular flexibility index (Phi) is 7.02. The molecule has 2 aromatic carbocycles. The molecule has 0 bridgehead atoms. The van der Waals surface area contributed by atoms with E-state index < -0.39 is 10.0 Å². The number of amides is 1. The third-order valence-electron chi connectivity index (χ3n) is 4.32. The van der Waals surface area contributed by atoms with E-state index in [1.807, 2.05) is 30.3 Å². The highest BCUT2D eigenvalue weighted by Gasteiger charge is 2.19. The van der Waals surface area contributed by atoms with Crippen LogP contribution >= 0.6 is 0 Å². The van der Waals surface area contributed by atoms with E-state index in [2.05, 4.69) is 19.2 Å². The second-order valence-electron chi connectivity index (χ2n) is 7.04. The lowest BCUT2D eigenvalue weighted by molar-refractivity contribution is 0.0932. The molecule has 0 aromatic heterocycles. The van der Waals surface area contributed by atoms with Gasteiger partial charge in [-0.1, -0.05) is 44.2 Å². The first-order valence-corrected chi connectivity index (χ1v) is 11.0. The number of benzene rings is 2. The van der Waals surface area contributed by atoms with Gasteiger partial charge in [0.1, 0.15) is 0 Å². The zero-order valence-corrected chi connectivity index (χ0v) is 17.2. The van der Waals surface area contributed by atoms with Crippen LogP contribution in [-0.2, 0) is 10.0 Å². The number of anilines is 1. The van der Waals surface area contributed by atoms with Gasteiger partial charge in [-0.2, -0.15) is 0 Å². The minimum atomic E-state index is -3.34. The molecule has 0 unspecified atom stereocenters. The van der Waals surface area contributed by atoms with Crippen LogP contribution in [0.2, 0.25) is 0 Å². The highest BCUT2D eigenvalue weighted by atomic mass is 32.2. The van der Waals surface area contributed by atoms with Gasteiger partial charge < -0.3 is 5.32 Å². The molecular formula is C21H28N2O3S. The summed E-state index contributed by atoms with van der Waals surface area (Å²) in [6.07, 6.45) is 2.01. The number of carbonyl (C=O) groups excluding carboxylic acids is 1. The van der Waals surface area contributed by atoms with Crippen LogP contribution in [0.4, 0.5) is 5.69 Å². The Morgan fingerprint density at radius 3 is 2.11 bits per heavy atom. The zero-order chi connectivity index (χ0) is 20.0. The van der Waals surface area contributed by atoms with E-state index in [1.165, 1.54) is 10.6 Å². The van der Waals surface area contributed by atoms with Crippen LogP contribution in [0.3, 0.4) is 0 Å². The molecule has 1 amide bonds. The normalized spacial score (nSPS) is 12.6. The summed E-state index contributed by atoms with van der Waals surface area (Å²) < 4.78 is 25.0. The van der Waals surface area contributed by atoms with Crippen molar-refractivity contribution in [3.8, 4) is 0 Å². The van der Waals surface area contributed by atoms with E-state index in [0.29, 0.717) is 23.7 Å². The van der Waals surface area contributed by atoms with Gasteiger partial charge in [-0.05, 0) is 49.1 Å². The van der Waals surface area contributed by atoms with Crippen molar-refractivity contribution in [3.05, 3.63) is 65.7 Å². The Hall–Kier alpha value is -2.34. The monoisotopic (exact) mass is 388 g/mol. The minimum Gasteiger partial charge on any atom is -0.345 e. The van der Waals surface area contributed by atoms with Gasteiger partial charge >= 0.3 is 0 Å². The van der Waals surface area contributed by atoms with E-state index >= 15 is 0 Å². The number of carbonyl (C=O) groups is 1. The van der Waals surface area contributed by atoms with Gasteiger partial charge in [-0.15, -0.1) is 0 Å². The van der Waals surface area contributed by atoms with Gasteiger partial charge in [0.2, 0.25) is 10.0 Å². The molecule has 6 heteroatoms. The smallest absolute Gasteiger partial charge is 0.251 e. The van der Waals surface area contributed by atoms with Crippen molar-refractivity contribution in [2.75, 3.05) is 17.1 Å². The van der Waals surface area contributed by atoms with E-state index in [1.54, 1.807) is 31.2 Å². The summed E-state index contributed by atoms with van der Waals surface area (Å²) in [5.74, 6) is 0.268. The zero-order valence-electron chi connectivity index (χ0n) is 16.3. The average Bonchev–Trinajstić information content (AvgIpc) is 2.61. The summed E-state index contributed by atoms with van der Waals surface area (Å²) in [6, 6.07) is 16.5. The molecule has 0 spiro atoms. The molecule has 0 aliphatic heterocycles. The summed E-state index contributed by atoms with van der Waals surface area (Å²) in [5, 5.41) is 3.10. The maximum absolute atomic E-state index is 12.7. The topological polar surface area (TPSA) is 66.5 Å². The fourth-order valence-corrected chi connectivity index (χ4v) is 4.04. The molecule has 1 N–H and O–H groups in total. The van der Waals surface area contributed by atoms with Crippen molar-refractivity contribution >= 4 is 21.6 Å². The van der Waals surface area contributed by atoms with Crippen molar-refractivity contribution in [3.63, 3.8) is 0 Å². The molecule has 0 heterocycles. The highest BCUT2D eigenvalue weighted by molar-refractivity contribution is 7.92. The Labute approximate surface area is 162 Å². The van der Waals surface area contributed by atoms with Crippen LogP contribution in [-0.4, -0.2) is 27.1 Å². The summed E-state index contributed by atoms with van der Waals surface area (Å²) in [4.78, 5) is 12.7. The van der Waals surface area contributed by atoms with E-state index in [4.69, 9.17) is 0 Å². The molecule has 0 fully saturated rings. The standard InChI is InChI=1S/C21H28N2O3S/c1-5-23(27(4,25)26)19-13-11-18(12-14-19)21(24)22-20(15-16(2)3)17-9-7-6-8-10-17/h6-14,16,20H,5,15H2,1-4H3,(H,22,24)/t20-/m0/s1. The van der Waals surface area contributed by atoms with E-state index in [9.17, 15) is 13.2 Å². The predicted molar refractivity (Wildman–Crippen MR) is 110 cm³/mol. The Bertz CT molecular complexity index is 847. The number of hydrogen-bond donors (Lipinski definition) is 1. The van der Waals surface area contributed by atoms with Crippen LogP contribution < -0.4 is 9.62 Å². The summed E-state index contributed by atoms with van der Waals surface area (Å²) in [6.45, 7) is 6.37. The van der Waals surface area contributed by atoms with E-state index in [-0.39, 0.29) is 11.9 Å². The second kappa shape index (κ2) is 9.04. The third kappa shape index (κ3) is 5.82. The SMILES string of the molecule is CCN(c1ccc(C(=O)N[C@@H](CC(C)C)c2ccccc2)cc1)S(C)(=O)=O. The first-order chi connectivity index (χ1) is 12.7. The maximum atomic E-state index is 12.7. The van der Waals surface area contributed by atoms with E-state index in [0.717, 1.165) is 12.0 Å². The lowest BCUT2D eigenvalue weighted by atomic mass is 9.96. The molecule has 0 aliphatic rings. The largest absolute Gasteiger partial charge is 0.345 e. The Morgan fingerprint density at radius 2 is 1.63 bits per heavy atom. The van der Waals surface area contributed by atoms with Gasteiger partial charge in [0, 0.05) is 12.1 Å². The number of hydrogen-bond acceptors (Lipinski definition) is 3. The molecular weight excluding hydrogens is 360 g/mol. The van der Waals surface area contributed by atoms with Gasteiger partial charge in [-0.25, -0.2) is 8.42 Å². The fraction of sp³-hybridized carbons (Fsp3) is 0.381. The minimum absolute atomic E-state index is 0.0680. The molecule has 0 radical (unpaired) electrons. The van der Waals surface area contributed by atoms with Crippen molar-refractivity contribution in [1.29, 1.82) is 0 Å². The van der Waals surface area contributed by atoms with Crippen molar-refractivity contribution in [2.24, 2.45) is 5.92 Å². The molecule has 2 aromatic rings. The number of rotatable bonds is 8. The van der Waals surface area contributed by atoms with Crippen LogP contribution in [0.15, 0.2) is 54.6 Å². The third-order valence-corrected chi connectivity index (χ3v) is 5.59. The molecule has 0 saturated heterocycles. The van der Waals surface area contributed by atoms with Crippen LogP contribution in [0, 0.1) is 5.92 Å². The lowest BCUT2D eigenvalue weighted by Crippen LogP contribution is -2.30. The molecule has 27 heavy (non-hydrogen) atoms. The van der Waals surface area contributed by atoms with Crippen molar-refractivity contribution in [1.82, 2.24) is 5.32 Å². The predicted octanol–water partition coefficient (Wildman–Crippen LogP) is 3.99. The Morgan fingerprint density at radius 1 is 1.04 bits per heavy atom. The first-order valence-electron chi connectivity index (χ1n) is 9.16.